The number of benzene rings is 1. The highest BCUT2D eigenvalue weighted by Crippen LogP contribution is 2.32. The monoisotopic (exact) mass is 369 g/mol. The first-order chi connectivity index (χ1) is 13.2. The van der Waals surface area contributed by atoms with Gasteiger partial charge in [0.15, 0.2) is 5.76 Å². The van der Waals surface area contributed by atoms with E-state index in [1.807, 2.05) is 37.3 Å². The summed E-state index contributed by atoms with van der Waals surface area (Å²) in [4.78, 5) is 24.6. The van der Waals surface area contributed by atoms with Crippen LogP contribution in [0.2, 0.25) is 0 Å². The van der Waals surface area contributed by atoms with Crippen LogP contribution in [0.15, 0.2) is 45.6 Å². The van der Waals surface area contributed by atoms with Gasteiger partial charge < -0.3 is 9.15 Å². The number of oxazole rings is 1. The number of unbranched alkanes of at least 4 members (excludes halogenated alkanes) is 1. The van der Waals surface area contributed by atoms with Crippen LogP contribution in [-0.2, 0) is 9.53 Å². The average molecular weight is 369 g/mol. The standard InChI is InChI=1S/C22H27NO4/c1-2-3-16-26-20(24)15-14-19-21(17-10-6-4-7-11-17)27-22(25)23(19)18-12-8-5-9-13-18/h4,6-7,10-11,14-15,18H,2-3,5,8-9,12-13,16H2,1H3/b15-14+. The smallest absolute Gasteiger partial charge is 0.420 e. The van der Waals surface area contributed by atoms with E-state index >= 15 is 0 Å². The first kappa shape index (κ1) is 19.2. The van der Waals surface area contributed by atoms with Gasteiger partial charge in [0, 0.05) is 17.7 Å². The molecule has 0 amide bonds. The van der Waals surface area contributed by atoms with Gasteiger partial charge in [0.05, 0.1) is 12.3 Å². The van der Waals surface area contributed by atoms with Gasteiger partial charge in [-0.25, -0.2) is 9.59 Å². The van der Waals surface area contributed by atoms with Crippen molar-refractivity contribution in [3.8, 4) is 11.3 Å². The van der Waals surface area contributed by atoms with E-state index in [1.54, 1.807) is 10.6 Å². The van der Waals surface area contributed by atoms with Crippen LogP contribution in [0.25, 0.3) is 17.4 Å². The molecule has 27 heavy (non-hydrogen) atoms. The van der Waals surface area contributed by atoms with Crippen molar-refractivity contribution in [3.63, 3.8) is 0 Å². The lowest BCUT2D eigenvalue weighted by Gasteiger charge is -2.22. The zero-order chi connectivity index (χ0) is 19.1. The lowest BCUT2D eigenvalue weighted by atomic mass is 9.95. The number of nitrogens with zero attached hydrogens (tertiary/aromatic N) is 1. The van der Waals surface area contributed by atoms with Gasteiger partial charge in [-0.05, 0) is 25.3 Å². The second kappa shape index (κ2) is 9.40. The van der Waals surface area contributed by atoms with Crippen molar-refractivity contribution in [1.29, 1.82) is 0 Å². The second-order valence-electron chi connectivity index (χ2n) is 6.96. The summed E-state index contributed by atoms with van der Waals surface area (Å²) in [5.41, 5.74) is 1.47. The van der Waals surface area contributed by atoms with Crippen molar-refractivity contribution in [2.45, 2.75) is 57.9 Å². The molecule has 1 aliphatic carbocycles. The highest BCUT2D eigenvalue weighted by molar-refractivity contribution is 5.88. The fourth-order valence-corrected chi connectivity index (χ4v) is 3.55. The molecule has 1 aliphatic rings. The molecule has 1 heterocycles. The van der Waals surface area contributed by atoms with Crippen LogP contribution in [0.5, 0.6) is 0 Å². The number of ether oxygens (including phenoxy) is 1. The van der Waals surface area contributed by atoms with Crippen LogP contribution < -0.4 is 5.76 Å². The number of esters is 1. The normalized spacial score (nSPS) is 15.3. The molecule has 0 unspecified atom stereocenters. The quantitative estimate of drug-likeness (QED) is 0.393. The Morgan fingerprint density at radius 1 is 1.22 bits per heavy atom. The summed E-state index contributed by atoms with van der Waals surface area (Å²) in [7, 11) is 0. The van der Waals surface area contributed by atoms with Gasteiger partial charge in [0.1, 0.15) is 0 Å². The minimum Gasteiger partial charge on any atom is -0.463 e. The number of carbonyl (C=O) groups excluding carboxylic acids is 1. The third-order valence-electron chi connectivity index (χ3n) is 4.97. The van der Waals surface area contributed by atoms with E-state index in [0.717, 1.165) is 44.1 Å². The molecule has 1 fully saturated rings. The Bertz CT molecular complexity index is 826. The van der Waals surface area contributed by atoms with E-state index in [2.05, 4.69) is 0 Å². The lowest BCUT2D eigenvalue weighted by Crippen LogP contribution is -2.23. The fourth-order valence-electron chi connectivity index (χ4n) is 3.55. The van der Waals surface area contributed by atoms with Gasteiger partial charge >= 0.3 is 11.7 Å². The Kier molecular flexibility index (Phi) is 6.69. The minimum atomic E-state index is -0.397. The van der Waals surface area contributed by atoms with E-state index in [0.29, 0.717) is 18.1 Å². The summed E-state index contributed by atoms with van der Waals surface area (Å²) in [6.45, 7) is 2.45. The van der Waals surface area contributed by atoms with E-state index in [4.69, 9.17) is 9.15 Å². The van der Waals surface area contributed by atoms with Gasteiger partial charge in [-0.1, -0.05) is 62.9 Å². The maximum absolute atomic E-state index is 12.6. The third-order valence-corrected chi connectivity index (χ3v) is 4.97. The molecule has 0 saturated heterocycles. The number of hydrogen-bond acceptors (Lipinski definition) is 4. The molecule has 0 aliphatic heterocycles. The maximum atomic E-state index is 12.6. The fraction of sp³-hybridized carbons (Fsp3) is 0.455. The van der Waals surface area contributed by atoms with E-state index in [1.165, 1.54) is 12.5 Å². The largest absolute Gasteiger partial charge is 0.463 e. The molecule has 1 saturated carbocycles. The third kappa shape index (κ3) is 4.79. The Morgan fingerprint density at radius 2 is 1.96 bits per heavy atom. The molecule has 0 atom stereocenters. The van der Waals surface area contributed by atoms with Crippen LogP contribution in [0.4, 0.5) is 0 Å². The Labute approximate surface area is 159 Å². The van der Waals surface area contributed by atoms with Gasteiger partial charge in [-0.3, -0.25) is 4.57 Å². The zero-order valence-electron chi connectivity index (χ0n) is 15.9. The first-order valence-electron chi connectivity index (χ1n) is 9.86. The molecule has 1 aromatic carbocycles. The van der Waals surface area contributed by atoms with Crippen molar-refractivity contribution in [1.82, 2.24) is 4.57 Å². The molecule has 5 nitrogen and oxygen atoms in total. The van der Waals surface area contributed by atoms with Crippen LogP contribution in [0, 0.1) is 0 Å². The summed E-state index contributed by atoms with van der Waals surface area (Å²) >= 11 is 0. The van der Waals surface area contributed by atoms with Crippen LogP contribution in [-0.4, -0.2) is 17.1 Å². The molecule has 3 rings (SSSR count). The SMILES string of the molecule is CCCCOC(=O)/C=C/c1c(-c2ccccc2)oc(=O)n1C1CCCCC1. The molecule has 0 N–H and O–H groups in total. The van der Waals surface area contributed by atoms with Crippen LogP contribution in [0.3, 0.4) is 0 Å². The Balaban J connectivity index is 1.95. The Hall–Kier alpha value is -2.56. The lowest BCUT2D eigenvalue weighted by molar-refractivity contribution is -0.137. The average Bonchev–Trinajstić information content (AvgIpc) is 3.04. The van der Waals surface area contributed by atoms with Gasteiger partial charge in [0.2, 0.25) is 0 Å². The number of rotatable bonds is 7. The van der Waals surface area contributed by atoms with E-state index < -0.39 is 5.97 Å². The van der Waals surface area contributed by atoms with Crippen LogP contribution in [0.1, 0.15) is 63.6 Å². The number of aromatic nitrogens is 1. The summed E-state index contributed by atoms with van der Waals surface area (Å²) in [6, 6.07) is 9.64. The Morgan fingerprint density at radius 3 is 2.67 bits per heavy atom. The van der Waals surface area contributed by atoms with Crippen molar-refractivity contribution in [2.24, 2.45) is 0 Å². The van der Waals surface area contributed by atoms with E-state index in [-0.39, 0.29) is 11.8 Å². The number of carbonyl (C=O) groups is 1. The van der Waals surface area contributed by atoms with Crippen molar-refractivity contribution in [2.75, 3.05) is 6.61 Å². The molecule has 1 aromatic heterocycles. The predicted molar refractivity (Wildman–Crippen MR) is 105 cm³/mol. The molecule has 144 valence electrons. The summed E-state index contributed by atoms with van der Waals surface area (Å²) in [5.74, 6) is -0.255. The summed E-state index contributed by atoms with van der Waals surface area (Å²) < 4.78 is 12.5. The topological polar surface area (TPSA) is 61.4 Å². The highest BCUT2D eigenvalue weighted by Gasteiger charge is 2.24. The minimum absolute atomic E-state index is 0.114. The second-order valence-corrected chi connectivity index (χ2v) is 6.96. The molecule has 2 aromatic rings. The van der Waals surface area contributed by atoms with Gasteiger partial charge in [-0.2, -0.15) is 0 Å². The maximum Gasteiger partial charge on any atom is 0.420 e. The van der Waals surface area contributed by atoms with Crippen molar-refractivity contribution >= 4 is 12.0 Å². The number of hydrogen-bond donors (Lipinski definition) is 0. The molecular weight excluding hydrogens is 342 g/mol. The predicted octanol–water partition coefficient (Wildman–Crippen LogP) is 4.97. The molecular formula is C22H27NO4. The molecule has 0 bridgehead atoms. The zero-order valence-corrected chi connectivity index (χ0v) is 15.9. The van der Waals surface area contributed by atoms with Gasteiger partial charge in [0.25, 0.3) is 0 Å². The molecule has 0 radical (unpaired) electrons. The molecule has 5 heteroatoms. The summed E-state index contributed by atoms with van der Waals surface area (Å²) in [6.07, 6.45) is 10.2. The molecule has 0 spiro atoms. The summed E-state index contributed by atoms with van der Waals surface area (Å²) in [5, 5.41) is 0. The van der Waals surface area contributed by atoms with E-state index in [9.17, 15) is 9.59 Å². The first-order valence-corrected chi connectivity index (χ1v) is 9.86. The van der Waals surface area contributed by atoms with Crippen LogP contribution >= 0.6 is 0 Å². The highest BCUT2D eigenvalue weighted by atomic mass is 16.5. The van der Waals surface area contributed by atoms with Gasteiger partial charge in [-0.15, -0.1) is 0 Å². The van der Waals surface area contributed by atoms with Crippen molar-refractivity contribution in [3.05, 3.63) is 52.7 Å². The van der Waals surface area contributed by atoms with Crippen molar-refractivity contribution < 1.29 is 13.9 Å².